The van der Waals surface area contributed by atoms with E-state index in [9.17, 15) is 19.2 Å². The van der Waals surface area contributed by atoms with Gasteiger partial charge in [-0.1, -0.05) is 18.2 Å². The maximum Gasteiger partial charge on any atom is 0.338 e. The average molecular weight is 426 g/mol. The molecule has 8 nitrogen and oxygen atoms in total. The number of hydrogen-bond acceptors (Lipinski definition) is 6. The molecule has 31 heavy (non-hydrogen) atoms. The number of carbonyl (C=O) groups excluding carboxylic acids is 4. The molecule has 2 aromatic rings. The first-order chi connectivity index (χ1) is 14.8. The van der Waals surface area contributed by atoms with Crippen LogP contribution in [0.15, 0.2) is 42.5 Å². The van der Waals surface area contributed by atoms with Crippen molar-refractivity contribution in [1.29, 1.82) is 0 Å². The molecule has 0 radical (unpaired) electrons. The van der Waals surface area contributed by atoms with Crippen LogP contribution in [0.4, 0.5) is 5.69 Å². The number of benzene rings is 2. The monoisotopic (exact) mass is 426 g/mol. The smallest absolute Gasteiger partial charge is 0.338 e. The van der Waals surface area contributed by atoms with Gasteiger partial charge < -0.3 is 20.1 Å². The molecule has 0 fully saturated rings. The van der Waals surface area contributed by atoms with E-state index in [1.807, 2.05) is 19.1 Å². The van der Waals surface area contributed by atoms with Crippen LogP contribution in [-0.4, -0.2) is 43.5 Å². The Bertz CT molecular complexity index is 934. The third kappa shape index (κ3) is 6.95. The molecule has 2 rings (SSSR count). The van der Waals surface area contributed by atoms with Crippen molar-refractivity contribution >= 4 is 29.4 Å². The molecule has 164 valence electrons. The van der Waals surface area contributed by atoms with Crippen molar-refractivity contribution in [3.63, 3.8) is 0 Å². The van der Waals surface area contributed by atoms with E-state index in [1.165, 1.54) is 18.2 Å². The van der Waals surface area contributed by atoms with Crippen molar-refractivity contribution in [2.24, 2.45) is 0 Å². The molecule has 0 aliphatic carbocycles. The summed E-state index contributed by atoms with van der Waals surface area (Å²) in [4.78, 5) is 48.7. The summed E-state index contributed by atoms with van der Waals surface area (Å²) in [6.07, 6.45) is 0.00992. The van der Waals surface area contributed by atoms with Gasteiger partial charge in [0.25, 0.3) is 5.91 Å². The predicted molar refractivity (Wildman–Crippen MR) is 115 cm³/mol. The highest BCUT2D eigenvalue weighted by molar-refractivity contribution is 6.00. The largest absolute Gasteiger partial charge is 0.462 e. The minimum atomic E-state index is -0.616. The van der Waals surface area contributed by atoms with Gasteiger partial charge in [0.1, 0.15) is 0 Å². The molecule has 0 heterocycles. The van der Waals surface area contributed by atoms with Gasteiger partial charge in [0.2, 0.25) is 5.91 Å². The van der Waals surface area contributed by atoms with Crippen LogP contribution >= 0.6 is 0 Å². The molecule has 0 saturated carbocycles. The number of esters is 2. The Morgan fingerprint density at radius 2 is 1.45 bits per heavy atom. The Labute approximate surface area is 180 Å². The third-order valence-electron chi connectivity index (χ3n) is 4.27. The van der Waals surface area contributed by atoms with Gasteiger partial charge in [0, 0.05) is 24.2 Å². The molecule has 8 heteroatoms. The SMILES string of the molecule is CCOC(=O)c1cc(NC(=O)CCNC(=O)c2ccccc2C)cc(C(=O)OCC)c1. The Balaban J connectivity index is 2.03. The quantitative estimate of drug-likeness (QED) is 0.596. The highest BCUT2D eigenvalue weighted by atomic mass is 16.5. The molecule has 0 aliphatic heterocycles. The van der Waals surface area contributed by atoms with Crippen LogP contribution in [0.5, 0.6) is 0 Å². The fraction of sp³-hybridized carbons (Fsp3) is 0.304. The number of amides is 2. The van der Waals surface area contributed by atoms with E-state index in [0.717, 1.165) is 5.56 Å². The Morgan fingerprint density at radius 3 is 2.00 bits per heavy atom. The molecule has 0 spiro atoms. The van der Waals surface area contributed by atoms with E-state index >= 15 is 0 Å². The minimum absolute atomic E-state index is 0.00992. The Morgan fingerprint density at radius 1 is 0.871 bits per heavy atom. The van der Waals surface area contributed by atoms with Gasteiger partial charge >= 0.3 is 11.9 Å². The van der Waals surface area contributed by atoms with Gasteiger partial charge in [0.05, 0.1) is 24.3 Å². The molecule has 0 atom stereocenters. The van der Waals surface area contributed by atoms with Crippen molar-refractivity contribution in [2.75, 3.05) is 25.1 Å². The molecule has 2 aromatic carbocycles. The summed E-state index contributed by atoms with van der Waals surface area (Å²) in [5.74, 6) is -1.88. The molecule has 0 aromatic heterocycles. The highest BCUT2D eigenvalue weighted by Crippen LogP contribution is 2.18. The summed E-state index contributed by atoms with van der Waals surface area (Å²) in [6.45, 7) is 5.64. The first kappa shape index (κ1) is 23.6. The van der Waals surface area contributed by atoms with E-state index in [2.05, 4.69) is 10.6 Å². The molecule has 0 bridgehead atoms. The van der Waals surface area contributed by atoms with Gasteiger partial charge in [-0.15, -0.1) is 0 Å². The van der Waals surface area contributed by atoms with Crippen LogP contribution in [0.2, 0.25) is 0 Å². The van der Waals surface area contributed by atoms with Crippen LogP contribution in [-0.2, 0) is 14.3 Å². The van der Waals surface area contributed by atoms with Crippen LogP contribution in [0.3, 0.4) is 0 Å². The minimum Gasteiger partial charge on any atom is -0.462 e. The first-order valence-electron chi connectivity index (χ1n) is 9.98. The van der Waals surface area contributed by atoms with Crippen LogP contribution in [0.1, 0.15) is 56.9 Å². The number of carbonyl (C=O) groups is 4. The standard InChI is InChI=1S/C23H26N2O6/c1-4-30-22(28)16-12-17(23(29)31-5-2)14-18(13-16)25-20(26)10-11-24-21(27)19-9-7-6-8-15(19)3/h6-9,12-14H,4-5,10-11H2,1-3H3,(H,24,27)(H,25,26). The van der Waals surface area contributed by atoms with Crippen molar-refractivity contribution in [2.45, 2.75) is 27.2 Å². The van der Waals surface area contributed by atoms with E-state index < -0.39 is 11.9 Å². The second-order valence-electron chi connectivity index (χ2n) is 6.61. The lowest BCUT2D eigenvalue weighted by Crippen LogP contribution is -2.28. The lowest BCUT2D eigenvalue weighted by Gasteiger charge is -2.11. The maximum absolute atomic E-state index is 12.3. The van der Waals surface area contributed by atoms with Crippen molar-refractivity contribution < 1.29 is 28.7 Å². The Kier molecular flexibility index (Phi) is 8.75. The molecule has 2 amide bonds. The highest BCUT2D eigenvalue weighted by Gasteiger charge is 2.16. The van der Waals surface area contributed by atoms with Gasteiger partial charge in [-0.05, 0) is 50.6 Å². The average Bonchev–Trinajstić information content (AvgIpc) is 2.74. The molecule has 0 saturated heterocycles. The number of aryl methyl sites for hydroxylation is 1. The van der Waals surface area contributed by atoms with Gasteiger partial charge in [-0.2, -0.15) is 0 Å². The van der Waals surface area contributed by atoms with Crippen LogP contribution in [0.25, 0.3) is 0 Å². The molecular formula is C23H26N2O6. The number of anilines is 1. The lowest BCUT2D eigenvalue weighted by atomic mass is 10.1. The summed E-state index contributed by atoms with van der Waals surface area (Å²) in [7, 11) is 0. The number of nitrogens with one attached hydrogen (secondary N) is 2. The number of hydrogen-bond donors (Lipinski definition) is 2. The maximum atomic E-state index is 12.3. The van der Waals surface area contributed by atoms with Crippen molar-refractivity contribution in [1.82, 2.24) is 5.32 Å². The summed E-state index contributed by atoms with van der Waals surface area (Å²) in [5, 5.41) is 5.34. The second-order valence-corrected chi connectivity index (χ2v) is 6.61. The van der Waals surface area contributed by atoms with Crippen LogP contribution in [0, 0.1) is 6.92 Å². The van der Waals surface area contributed by atoms with Crippen molar-refractivity contribution in [3.05, 3.63) is 64.7 Å². The van der Waals surface area contributed by atoms with E-state index in [0.29, 0.717) is 5.56 Å². The van der Waals surface area contributed by atoms with E-state index in [4.69, 9.17) is 9.47 Å². The third-order valence-corrected chi connectivity index (χ3v) is 4.27. The summed E-state index contributed by atoms with van der Waals surface area (Å²) < 4.78 is 9.95. The van der Waals surface area contributed by atoms with Gasteiger partial charge in [0.15, 0.2) is 0 Å². The zero-order valence-corrected chi connectivity index (χ0v) is 17.8. The zero-order chi connectivity index (χ0) is 22.8. The molecule has 0 aliphatic rings. The van der Waals surface area contributed by atoms with Gasteiger partial charge in [-0.25, -0.2) is 9.59 Å². The summed E-state index contributed by atoms with van der Waals surface area (Å²) in [6, 6.07) is 11.4. The fourth-order valence-electron chi connectivity index (χ4n) is 2.80. The van der Waals surface area contributed by atoms with E-state index in [1.54, 1.807) is 26.0 Å². The van der Waals surface area contributed by atoms with Gasteiger partial charge in [-0.3, -0.25) is 9.59 Å². The topological polar surface area (TPSA) is 111 Å². The summed E-state index contributed by atoms with van der Waals surface area (Å²) >= 11 is 0. The number of ether oxygens (including phenoxy) is 2. The second kappa shape index (κ2) is 11.5. The normalized spacial score (nSPS) is 10.2. The molecule has 0 unspecified atom stereocenters. The molecule has 2 N–H and O–H groups in total. The predicted octanol–water partition coefficient (Wildman–Crippen LogP) is 3.11. The first-order valence-corrected chi connectivity index (χ1v) is 9.98. The fourth-order valence-corrected chi connectivity index (χ4v) is 2.80. The number of rotatable bonds is 9. The zero-order valence-electron chi connectivity index (χ0n) is 17.8. The van der Waals surface area contributed by atoms with E-state index in [-0.39, 0.29) is 54.8 Å². The molecular weight excluding hydrogens is 400 g/mol. The van der Waals surface area contributed by atoms with Crippen LogP contribution < -0.4 is 10.6 Å². The Hall–Kier alpha value is -3.68. The van der Waals surface area contributed by atoms with Crippen molar-refractivity contribution in [3.8, 4) is 0 Å². The lowest BCUT2D eigenvalue weighted by molar-refractivity contribution is -0.116. The summed E-state index contributed by atoms with van der Waals surface area (Å²) in [5.41, 5.74) is 1.88.